The molecule has 1 unspecified atom stereocenters. The van der Waals surface area contributed by atoms with Crippen molar-refractivity contribution in [2.24, 2.45) is 5.14 Å². The van der Waals surface area contributed by atoms with E-state index in [1.54, 1.807) is 43.5 Å². The number of halogens is 1. The van der Waals surface area contributed by atoms with Crippen LogP contribution in [0.5, 0.6) is 5.75 Å². The maximum absolute atomic E-state index is 12.9. The van der Waals surface area contributed by atoms with Gasteiger partial charge in [-0.1, -0.05) is 23.7 Å². The molecule has 0 saturated heterocycles. The maximum atomic E-state index is 12.9. The summed E-state index contributed by atoms with van der Waals surface area (Å²) in [7, 11) is -2.20. The minimum atomic E-state index is -3.78. The molecule has 3 aromatic rings. The van der Waals surface area contributed by atoms with Crippen LogP contribution < -0.4 is 15.2 Å². The average molecular weight is 445 g/mol. The molecule has 0 aliphatic heterocycles. The van der Waals surface area contributed by atoms with E-state index in [0.717, 1.165) is 5.56 Å². The summed E-state index contributed by atoms with van der Waals surface area (Å²) in [6.45, 7) is 0. The molecule has 1 atom stereocenters. The molecular weight excluding hydrogens is 424 g/mol. The Kier molecular flexibility index (Phi) is 6.77. The van der Waals surface area contributed by atoms with Crippen LogP contribution in [-0.2, 0) is 10.0 Å². The number of Topliss-reactive ketones (excluding diaryl/α,β-unsaturated/α-hetero) is 1. The van der Waals surface area contributed by atoms with Crippen molar-refractivity contribution in [2.75, 3.05) is 12.4 Å². The number of nitrogens with one attached hydrogen (secondary N) is 1. The number of methoxy groups -OCH3 is 1. The number of carbonyl (C=O) groups excluding carboxylic acids is 1. The summed E-state index contributed by atoms with van der Waals surface area (Å²) >= 11 is 5.91. The topological polar surface area (TPSA) is 98.5 Å². The van der Waals surface area contributed by atoms with E-state index in [-0.39, 0.29) is 23.1 Å². The van der Waals surface area contributed by atoms with Crippen LogP contribution in [0.3, 0.4) is 0 Å². The molecule has 0 heterocycles. The normalized spacial score (nSPS) is 12.2. The highest BCUT2D eigenvalue weighted by atomic mass is 35.5. The van der Waals surface area contributed by atoms with Gasteiger partial charge in [-0.3, -0.25) is 4.79 Å². The average Bonchev–Trinajstić information content (AvgIpc) is 2.73. The summed E-state index contributed by atoms with van der Waals surface area (Å²) in [5.41, 5.74) is 2.06. The van der Waals surface area contributed by atoms with Crippen LogP contribution in [0, 0.1) is 0 Å². The molecule has 0 amide bonds. The monoisotopic (exact) mass is 444 g/mol. The molecule has 0 bridgehead atoms. The second kappa shape index (κ2) is 9.30. The molecule has 3 rings (SSSR count). The molecule has 30 heavy (non-hydrogen) atoms. The SMILES string of the molecule is COc1cccc(C(CC(=O)c2ccc(Cl)cc2)Nc2ccc(S(N)(=O)=O)cc2)c1. The second-order valence-corrected chi connectivity index (χ2v) is 8.67. The molecule has 156 valence electrons. The molecule has 3 aromatic carbocycles. The smallest absolute Gasteiger partial charge is 0.238 e. The Morgan fingerprint density at radius 3 is 2.33 bits per heavy atom. The van der Waals surface area contributed by atoms with Gasteiger partial charge in [-0.25, -0.2) is 13.6 Å². The van der Waals surface area contributed by atoms with E-state index in [9.17, 15) is 13.2 Å². The lowest BCUT2D eigenvalue weighted by molar-refractivity contribution is 0.0976. The van der Waals surface area contributed by atoms with Gasteiger partial charge in [0.25, 0.3) is 0 Å². The number of nitrogens with two attached hydrogens (primary N) is 1. The Balaban J connectivity index is 1.89. The maximum Gasteiger partial charge on any atom is 0.238 e. The lowest BCUT2D eigenvalue weighted by Gasteiger charge is -2.21. The molecule has 0 radical (unpaired) electrons. The fourth-order valence-electron chi connectivity index (χ4n) is 2.99. The number of anilines is 1. The van der Waals surface area contributed by atoms with Crippen LogP contribution in [0.2, 0.25) is 5.02 Å². The van der Waals surface area contributed by atoms with E-state index in [1.165, 1.54) is 12.1 Å². The zero-order valence-electron chi connectivity index (χ0n) is 16.2. The quantitative estimate of drug-likeness (QED) is 0.501. The van der Waals surface area contributed by atoms with Gasteiger partial charge in [0.2, 0.25) is 10.0 Å². The van der Waals surface area contributed by atoms with E-state index in [0.29, 0.717) is 22.0 Å². The molecule has 0 saturated carbocycles. The van der Waals surface area contributed by atoms with Crippen molar-refractivity contribution in [2.45, 2.75) is 17.4 Å². The van der Waals surface area contributed by atoms with Crippen LogP contribution in [0.4, 0.5) is 5.69 Å². The fourth-order valence-corrected chi connectivity index (χ4v) is 3.63. The van der Waals surface area contributed by atoms with Gasteiger partial charge >= 0.3 is 0 Å². The van der Waals surface area contributed by atoms with Crippen molar-refractivity contribution in [1.82, 2.24) is 0 Å². The van der Waals surface area contributed by atoms with E-state index >= 15 is 0 Å². The van der Waals surface area contributed by atoms with Gasteiger partial charge in [0, 0.05) is 22.7 Å². The van der Waals surface area contributed by atoms with Crippen molar-refractivity contribution in [1.29, 1.82) is 0 Å². The van der Waals surface area contributed by atoms with Crippen molar-refractivity contribution >= 4 is 33.1 Å². The number of benzene rings is 3. The molecule has 8 heteroatoms. The van der Waals surface area contributed by atoms with Crippen LogP contribution in [0.15, 0.2) is 77.7 Å². The number of ether oxygens (including phenoxy) is 1. The number of hydrogen-bond donors (Lipinski definition) is 2. The number of hydrogen-bond acceptors (Lipinski definition) is 5. The van der Waals surface area contributed by atoms with E-state index in [2.05, 4.69) is 5.32 Å². The van der Waals surface area contributed by atoms with Crippen molar-refractivity contribution < 1.29 is 17.9 Å². The predicted molar refractivity (Wildman–Crippen MR) is 118 cm³/mol. The molecule has 3 N–H and O–H groups in total. The molecule has 0 fully saturated rings. The van der Waals surface area contributed by atoms with Gasteiger partial charge in [-0.15, -0.1) is 0 Å². The van der Waals surface area contributed by atoms with Gasteiger partial charge in [-0.2, -0.15) is 0 Å². The third-order valence-corrected chi connectivity index (χ3v) is 5.76. The summed E-state index contributed by atoms with van der Waals surface area (Å²) in [5.74, 6) is 0.607. The number of rotatable bonds is 8. The van der Waals surface area contributed by atoms with Gasteiger partial charge in [0.1, 0.15) is 5.75 Å². The van der Waals surface area contributed by atoms with Crippen molar-refractivity contribution in [3.8, 4) is 5.75 Å². The zero-order chi connectivity index (χ0) is 21.7. The third-order valence-electron chi connectivity index (χ3n) is 4.58. The number of ketones is 1. The Morgan fingerprint density at radius 1 is 1.07 bits per heavy atom. The molecular formula is C22H21ClN2O4S. The molecule has 0 aliphatic rings. The number of primary sulfonamides is 1. The Hall–Kier alpha value is -2.87. The summed E-state index contributed by atoms with van der Waals surface area (Å²) in [5, 5.41) is 9.01. The highest BCUT2D eigenvalue weighted by Crippen LogP contribution is 2.28. The first kappa shape index (κ1) is 21.8. The first-order valence-electron chi connectivity index (χ1n) is 9.08. The van der Waals surface area contributed by atoms with Crippen molar-refractivity contribution in [3.05, 3.63) is 88.9 Å². The van der Waals surface area contributed by atoms with Crippen LogP contribution in [0.1, 0.15) is 28.4 Å². The van der Waals surface area contributed by atoms with E-state index in [1.807, 2.05) is 24.3 Å². The summed E-state index contributed by atoms with van der Waals surface area (Å²) in [6.07, 6.45) is 0.172. The van der Waals surface area contributed by atoms with Gasteiger partial charge in [-0.05, 0) is 66.2 Å². The lowest BCUT2D eigenvalue weighted by atomic mass is 9.97. The minimum Gasteiger partial charge on any atom is -0.497 e. The summed E-state index contributed by atoms with van der Waals surface area (Å²) < 4.78 is 28.3. The zero-order valence-corrected chi connectivity index (χ0v) is 17.8. The van der Waals surface area contributed by atoms with E-state index in [4.69, 9.17) is 21.5 Å². The van der Waals surface area contributed by atoms with Crippen LogP contribution >= 0.6 is 11.6 Å². The third kappa shape index (κ3) is 5.60. The standard InChI is InChI=1S/C22H21ClN2O4S/c1-29-19-4-2-3-16(13-19)21(14-22(26)15-5-7-17(23)8-6-15)25-18-9-11-20(12-10-18)30(24,27)28/h2-13,21,25H,14H2,1H3,(H2,24,27,28). The van der Waals surface area contributed by atoms with E-state index < -0.39 is 10.0 Å². The summed E-state index contributed by atoms with van der Waals surface area (Å²) in [6, 6.07) is 19.8. The Labute approximate surface area is 180 Å². The second-order valence-electron chi connectivity index (χ2n) is 6.68. The first-order valence-corrected chi connectivity index (χ1v) is 11.0. The number of carbonyl (C=O) groups is 1. The largest absolute Gasteiger partial charge is 0.497 e. The molecule has 0 aliphatic carbocycles. The van der Waals surface area contributed by atoms with Crippen LogP contribution in [0.25, 0.3) is 0 Å². The minimum absolute atomic E-state index is 0.0169. The Morgan fingerprint density at radius 2 is 1.73 bits per heavy atom. The Bertz CT molecular complexity index is 1130. The van der Waals surface area contributed by atoms with Crippen molar-refractivity contribution in [3.63, 3.8) is 0 Å². The summed E-state index contributed by atoms with van der Waals surface area (Å²) in [4.78, 5) is 12.9. The molecule has 0 aromatic heterocycles. The van der Waals surface area contributed by atoms with Gasteiger partial charge in [0.15, 0.2) is 5.78 Å². The lowest BCUT2D eigenvalue weighted by Crippen LogP contribution is -2.16. The number of sulfonamides is 1. The fraction of sp³-hybridized carbons (Fsp3) is 0.136. The molecule has 0 spiro atoms. The highest BCUT2D eigenvalue weighted by molar-refractivity contribution is 7.89. The molecule has 6 nitrogen and oxygen atoms in total. The van der Waals surface area contributed by atoms with Crippen LogP contribution in [-0.4, -0.2) is 21.3 Å². The predicted octanol–water partition coefficient (Wildman–Crippen LogP) is 4.42. The first-order chi connectivity index (χ1) is 14.3. The highest BCUT2D eigenvalue weighted by Gasteiger charge is 2.18. The van der Waals surface area contributed by atoms with Gasteiger partial charge < -0.3 is 10.1 Å². The van der Waals surface area contributed by atoms with Gasteiger partial charge in [0.05, 0.1) is 18.0 Å².